The predicted octanol–water partition coefficient (Wildman–Crippen LogP) is 2.33. The quantitative estimate of drug-likeness (QED) is 0.483. The van der Waals surface area contributed by atoms with E-state index in [9.17, 15) is 26.4 Å². The average molecular weight is 308 g/mol. The molecule has 0 atom stereocenters. The van der Waals surface area contributed by atoms with Gasteiger partial charge in [-0.05, 0) is 18.6 Å². The predicted molar refractivity (Wildman–Crippen MR) is 62.8 cm³/mol. The zero-order chi connectivity index (χ0) is 15.1. The number of fused-ring (bicyclic) bond motifs is 1. The number of halogens is 3. The first-order chi connectivity index (χ1) is 9.12. The number of rotatable bonds is 2. The Morgan fingerprint density at radius 2 is 1.90 bits per heavy atom. The Labute approximate surface area is 110 Å². The van der Waals surface area contributed by atoms with Crippen molar-refractivity contribution in [3.8, 4) is 5.75 Å². The second-order valence-electron chi connectivity index (χ2n) is 3.86. The van der Waals surface area contributed by atoms with Gasteiger partial charge in [0.25, 0.3) is 0 Å². The normalized spacial score (nSPS) is 12.6. The topological polar surface area (TPSA) is 73.6 Å². The summed E-state index contributed by atoms with van der Waals surface area (Å²) in [6.45, 7) is 1.51. The molecule has 1 aromatic carbocycles. The molecule has 0 radical (unpaired) electrons. The molecule has 0 N–H and O–H groups in total. The number of benzene rings is 1. The lowest BCUT2D eigenvalue weighted by Crippen LogP contribution is -2.28. The van der Waals surface area contributed by atoms with Crippen LogP contribution >= 0.6 is 0 Å². The maximum Gasteiger partial charge on any atom is 0.534 e. The van der Waals surface area contributed by atoms with Crippen LogP contribution < -0.4 is 9.81 Å². The second-order valence-corrected chi connectivity index (χ2v) is 5.40. The van der Waals surface area contributed by atoms with Gasteiger partial charge in [0, 0.05) is 0 Å². The minimum absolute atomic E-state index is 0.0140. The Hall–Kier alpha value is -2.03. The molecule has 108 valence electrons. The molecule has 0 aliphatic heterocycles. The molecule has 0 aliphatic carbocycles. The van der Waals surface area contributed by atoms with Crippen molar-refractivity contribution >= 4 is 21.1 Å². The van der Waals surface area contributed by atoms with E-state index in [-0.39, 0.29) is 11.0 Å². The SMILES string of the molecule is Cc1cccc2oc(=O)cc(OS(=O)(=O)C(F)(F)F)c12. The monoisotopic (exact) mass is 308 g/mol. The number of alkyl halides is 3. The molecule has 0 unspecified atom stereocenters. The van der Waals surface area contributed by atoms with E-state index < -0.39 is 27.0 Å². The van der Waals surface area contributed by atoms with Crippen LogP contribution in [0.15, 0.2) is 33.5 Å². The Morgan fingerprint density at radius 3 is 2.50 bits per heavy atom. The smallest absolute Gasteiger partial charge is 0.422 e. The van der Waals surface area contributed by atoms with Crippen molar-refractivity contribution in [3.05, 3.63) is 40.2 Å². The van der Waals surface area contributed by atoms with E-state index in [1.165, 1.54) is 25.1 Å². The molecule has 5 nitrogen and oxygen atoms in total. The van der Waals surface area contributed by atoms with Gasteiger partial charge in [0.2, 0.25) is 0 Å². The molecule has 0 spiro atoms. The van der Waals surface area contributed by atoms with Gasteiger partial charge in [-0.2, -0.15) is 21.6 Å². The molecular weight excluding hydrogens is 301 g/mol. The average Bonchev–Trinajstić information content (AvgIpc) is 2.25. The third kappa shape index (κ3) is 2.48. The van der Waals surface area contributed by atoms with Crippen molar-refractivity contribution in [1.82, 2.24) is 0 Å². The van der Waals surface area contributed by atoms with E-state index in [1.54, 1.807) is 0 Å². The van der Waals surface area contributed by atoms with Crippen LogP contribution in [0.2, 0.25) is 0 Å². The van der Waals surface area contributed by atoms with E-state index in [1.807, 2.05) is 0 Å². The van der Waals surface area contributed by atoms with E-state index in [0.717, 1.165) is 0 Å². The lowest BCUT2D eigenvalue weighted by Gasteiger charge is -2.11. The van der Waals surface area contributed by atoms with E-state index in [4.69, 9.17) is 4.42 Å². The Balaban J connectivity index is 2.70. The summed E-state index contributed by atoms with van der Waals surface area (Å²) in [7, 11) is -5.86. The fourth-order valence-corrected chi connectivity index (χ4v) is 2.05. The molecule has 9 heteroatoms. The van der Waals surface area contributed by atoms with Crippen molar-refractivity contribution in [2.24, 2.45) is 0 Å². The molecule has 2 rings (SSSR count). The summed E-state index contributed by atoms with van der Waals surface area (Å²) >= 11 is 0. The van der Waals surface area contributed by atoms with Crippen LogP contribution in [0.5, 0.6) is 5.75 Å². The number of aryl methyl sites for hydroxylation is 1. The van der Waals surface area contributed by atoms with Crippen LogP contribution in [0.1, 0.15) is 5.56 Å². The van der Waals surface area contributed by atoms with Crippen LogP contribution in [-0.4, -0.2) is 13.9 Å². The van der Waals surface area contributed by atoms with Gasteiger partial charge in [-0.15, -0.1) is 0 Å². The number of hydrogen-bond acceptors (Lipinski definition) is 5. The summed E-state index contributed by atoms with van der Waals surface area (Å²) in [6, 6.07) is 4.88. The van der Waals surface area contributed by atoms with Gasteiger partial charge in [0.1, 0.15) is 5.58 Å². The molecule has 0 saturated carbocycles. The highest BCUT2D eigenvalue weighted by molar-refractivity contribution is 7.88. The largest absolute Gasteiger partial charge is 0.534 e. The van der Waals surface area contributed by atoms with E-state index in [0.29, 0.717) is 11.6 Å². The third-order valence-electron chi connectivity index (χ3n) is 2.42. The highest BCUT2D eigenvalue weighted by Gasteiger charge is 2.48. The van der Waals surface area contributed by atoms with Gasteiger partial charge >= 0.3 is 21.3 Å². The van der Waals surface area contributed by atoms with Gasteiger partial charge in [0.05, 0.1) is 11.5 Å². The van der Waals surface area contributed by atoms with Crippen molar-refractivity contribution in [2.75, 3.05) is 0 Å². The standard InChI is InChI=1S/C11H7F3O5S/c1-6-3-2-4-7-10(6)8(5-9(15)18-7)19-20(16,17)11(12,13)14/h2-5H,1H3. The minimum Gasteiger partial charge on any atom is -0.422 e. The molecule has 0 bridgehead atoms. The summed E-state index contributed by atoms with van der Waals surface area (Å²) in [5, 5.41) is -0.0140. The zero-order valence-corrected chi connectivity index (χ0v) is 10.7. The molecule has 0 amide bonds. The van der Waals surface area contributed by atoms with Crippen LogP contribution in [0.4, 0.5) is 13.2 Å². The van der Waals surface area contributed by atoms with Crippen molar-refractivity contribution in [2.45, 2.75) is 12.4 Å². The first-order valence-electron chi connectivity index (χ1n) is 5.16. The molecule has 0 aliphatic rings. The molecule has 0 saturated heterocycles. The van der Waals surface area contributed by atoms with Crippen LogP contribution in [0.3, 0.4) is 0 Å². The Morgan fingerprint density at radius 1 is 1.25 bits per heavy atom. The first kappa shape index (κ1) is 14.4. The summed E-state index contributed by atoms with van der Waals surface area (Å²) in [4.78, 5) is 11.2. The fraction of sp³-hybridized carbons (Fsp3) is 0.182. The van der Waals surface area contributed by atoms with Gasteiger partial charge in [-0.3, -0.25) is 0 Å². The zero-order valence-electron chi connectivity index (χ0n) is 9.89. The molecule has 2 aromatic rings. The highest BCUT2D eigenvalue weighted by Crippen LogP contribution is 2.32. The Bertz CT molecular complexity index is 820. The molecule has 1 heterocycles. The van der Waals surface area contributed by atoms with Crippen LogP contribution in [0, 0.1) is 6.92 Å². The maximum atomic E-state index is 12.3. The highest BCUT2D eigenvalue weighted by atomic mass is 32.2. The maximum absolute atomic E-state index is 12.3. The molecular formula is C11H7F3O5S. The lowest BCUT2D eigenvalue weighted by molar-refractivity contribution is -0.0499. The second kappa shape index (κ2) is 4.51. The van der Waals surface area contributed by atoms with Crippen molar-refractivity contribution < 1.29 is 30.2 Å². The number of hydrogen-bond donors (Lipinski definition) is 0. The summed E-state index contributed by atoms with van der Waals surface area (Å²) in [5.41, 5.74) is -6.27. The summed E-state index contributed by atoms with van der Waals surface area (Å²) in [5.74, 6) is -0.716. The van der Waals surface area contributed by atoms with Gasteiger partial charge < -0.3 is 8.60 Å². The van der Waals surface area contributed by atoms with Gasteiger partial charge in [0.15, 0.2) is 5.75 Å². The van der Waals surface area contributed by atoms with Crippen LogP contribution in [0.25, 0.3) is 11.0 Å². The lowest BCUT2D eigenvalue weighted by atomic mass is 10.1. The van der Waals surface area contributed by atoms with Gasteiger partial charge in [-0.25, -0.2) is 4.79 Å². The fourth-order valence-electron chi connectivity index (χ4n) is 1.59. The summed E-state index contributed by atoms with van der Waals surface area (Å²) < 4.78 is 67.7. The van der Waals surface area contributed by atoms with E-state index in [2.05, 4.69) is 4.18 Å². The Kier molecular flexibility index (Phi) is 3.24. The molecule has 1 aromatic heterocycles. The van der Waals surface area contributed by atoms with Crippen LogP contribution in [-0.2, 0) is 10.1 Å². The molecule has 20 heavy (non-hydrogen) atoms. The minimum atomic E-state index is -5.86. The van der Waals surface area contributed by atoms with E-state index >= 15 is 0 Å². The molecule has 0 fully saturated rings. The van der Waals surface area contributed by atoms with Crippen molar-refractivity contribution in [1.29, 1.82) is 0 Å². The van der Waals surface area contributed by atoms with Gasteiger partial charge in [-0.1, -0.05) is 12.1 Å². The first-order valence-corrected chi connectivity index (χ1v) is 6.57. The third-order valence-corrected chi connectivity index (χ3v) is 3.39. The van der Waals surface area contributed by atoms with Crippen molar-refractivity contribution in [3.63, 3.8) is 0 Å². The summed E-state index contributed by atoms with van der Waals surface area (Å²) in [6.07, 6.45) is 0.